The smallest absolute Gasteiger partial charge is 0.473 e. The Kier molecular flexibility index (Phi) is 5.94. The van der Waals surface area contributed by atoms with E-state index in [4.69, 9.17) is 14.2 Å². The van der Waals surface area contributed by atoms with Crippen LogP contribution in [0.25, 0.3) is 10.9 Å². The van der Waals surface area contributed by atoms with Gasteiger partial charge < -0.3 is 18.9 Å². The van der Waals surface area contributed by atoms with E-state index in [-0.39, 0.29) is 18.6 Å². The van der Waals surface area contributed by atoms with Crippen molar-refractivity contribution in [2.75, 3.05) is 6.61 Å². The van der Waals surface area contributed by atoms with Crippen LogP contribution >= 0.6 is 0 Å². The van der Waals surface area contributed by atoms with Gasteiger partial charge in [-0.25, -0.2) is 4.98 Å². The van der Waals surface area contributed by atoms with Crippen molar-refractivity contribution in [3.63, 3.8) is 0 Å². The lowest BCUT2D eigenvalue weighted by Crippen LogP contribution is -2.24. The highest BCUT2D eigenvalue weighted by atomic mass is 19.4. The fraction of sp³-hybridized carbons (Fsp3) is 0.318. The van der Waals surface area contributed by atoms with Crippen LogP contribution < -0.4 is 14.2 Å². The number of nitrogens with zero attached hydrogens (tertiary/aromatic N) is 1. The van der Waals surface area contributed by atoms with E-state index < -0.39 is 6.36 Å². The molecule has 1 saturated heterocycles. The first-order valence-electron chi connectivity index (χ1n) is 9.61. The molecule has 0 amide bonds. The number of hydrogen-bond acceptors (Lipinski definition) is 5. The topological polar surface area (TPSA) is 49.8 Å². The minimum Gasteiger partial charge on any atom is -0.473 e. The lowest BCUT2D eigenvalue weighted by Gasteiger charge is -2.23. The normalized spacial score (nSPS) is 17.0. The molecule has 30 heavy (non-hydrogen) atoms. The highest BCUT2D eigenvalue weighted by Crippen LogP contribution is 2.26. The van der Waals surface area contributed by atoms with Crippen molar-refractivity contribution in [2.24, 2.45) is 0 Å². The second-order valence-corrected chi connectivity index (χ2v) is 6.90. The Morgan fingerprint density at radius 2 is 1.77 bits per heavy atom. The maximum absolute atomic E-state index is 12.2. The van der Waals surface area contributed by atoms with Gasteiger partial charge in [-0.15, -0.1) is 13.2 Å². The summed E-state index contributed by atoms with van der Waals surface area (Å²) in [6, 6.07) is 14.7. The Morgan fingerprint density at radius 3 is 2.50 bits per heavy atom. The van der Waals surface area contributed by atoms with E-state index in [1.807, 2.05) is 24.3 Å². The summed E-state index contributed by atoms with van der Waals surface area (Å²) >= 11 is 0. The number of fused-ring (bicyclic) bond motifs is 1. The van der Waals surface area contributed by atoms with Crippen LogP contribution in [0.3, 0.4) is 0 Å². The zero-order valence-corrected chi connectivity index (χ0v) is 16.0. The van der Waals surface area contributed by atoms with Gasteiger partial charge in [-0.1, -0.05) is 12.1 Å². The van der Waals surface area contributed by atoms with E-state index in [1.54, 1.807) is 6.07 Å². The molecule has 1 aliphatic rings. The summed E-state index contributed by atoms with van der Waals surface area (Å²) in [7, 11) is 0. The fourth-order valence-corrected chi connectivity index (χ4v) is 3.14. The van der Waals surface area contributed by atoms with Gasteiger partial charge in [-0.05, 0) is 54.8 Å². The molecule has 0 saturated carbocycles. The molecule has 1 unspecified atom stereocenters. The Labute approximate surface area is 171 Å². The van der Waals surface area contributed by atoms with E-state index in [0.717, 1.165) is 42.5 Å². The second-order valence-electron chi connectivity index (χ2n) is 6.90. The number of rotatable bonds is 6. The zero-order chi connectivity index (χ0) is 21.0. The Bertz CT molecular complexity index is 986. The first-order chi connectivity index (χ1) is 14.4. The number of benzene rings is 2. The van der Waals surface area contributed by atoms with Crippen LogP contribution in [-0.4, -0.2) is 24.2 Å². The third kappa shape index (κ3) is 5.54. The van der Waals surface area contributed by atoms with Gasteiger partial charge in [0.1, 0.15) is 18.1 Å². The molecular weight excluding hydrogens is 399 g/mol. The number of halogens is 3. The van der Waals surface area contributed by atoms with E-state index in [9.17, 15) is 13.2 Å². The monoisotopic (exact) mass is 419 g/mol. The fourth-order valence-electron chi connectivity index (χ4n) is 3.14. The molecule has 8 heteroatoms. The maximum atomic E-state index is 12.2. The molecule has 1 fully saturated rings. The largest absolute Gasteiger partial charge is 0.573 e. The standard InChI is InChI=1S/C22H20F3NO4/c23-22(24,25)30-17-7-4-15(5-8-17)14-28-20-11-6-16-13-18(9-10-19(16)26-20)29-21-3-1-2-12-27-21/h4-11,13,21H,1-3,12,14H2. The molecule has 0 aliphatic carbocycles. The Hall–Kier alpha value is -3.00. The summed E-state index contributed by atoms with van der Waals surface area (Å²) in [4.78, 5) is 4.46. The zero-order valence-electron chi connectivity index (χ0n) is 16.0. The average Bonchev–Trinajstić information content (AvgIpc) is 2.73. The van der Waals surface area contributed by atoms with E-state index in [2.05, 4.69) is 9.72 Å². The van der Waals surface area contributed by atoms with Gasteiger partial charge in [-0.2, -0.15) is 0 Å². The number of hydrogen-bond donors (Lipinski definition) is 0. The molecule has 0 N–H and O–H groups in total. The van der Waals surface area contributed by atoms with E-state index in [0.29, 0.717) is 11.4 Å². The Balaban J connectivity index is 1.37. The van der Waals surface area contributed by atoms with Crippen molar-refractivity contribution in [1.82, 2.24) is 4.98 Å². The molecule has 2 aromatic carbocycles. The molecule has 1 aromatic heterocycles. The van der Waals surface area contributed by atoms with Gasteiger partial charge in [0.05, 0.1) is 12.1 Å². The van der Waals surface area contributed by atoms with E-state index in [1.165, 1.54) is 24.3 Å². The summed E-state index contributed by atoms with van der Waals surface area (Å²) in [5.41, 5.74) is 1.45. The molecule has 0 spiro atoms. The minimum atomic E-state index is -4.71. The first-order valence-corrected chi connectivity index (χ1v) is 9.61. The molecule has 0 radical (unpaired) electrons. The molecular formula is C22H20F3NO4. The number of alkyl halides is 3. The molecule has 1 atom stereocenters. The summed E-state index contributed by atoms with van der Waals surface area (Å²) in [5.74, 6) is 0.875. The summed E-state index contributed by atoms with van der Waals surface area (Å²) < 4.78 is 57.6. The number of ether oxygens (including phenoxy) is 4. The molecule has 5 nitrogen and oxygen atoms in total. The molecule has 3 aromatic rings. The highest BCUT2D eigenvalue weighted by molar-refractivity contribution is 5.80. The molecule has 4 rings (SSSR count). The van der Waals surface area contributed by atoms with Gasteiger partial charge in [0.15, 0.2) is 6.29 Å². The SMILES string of the molecule is FC(F)(F)Oc1ccc(COc2ccc3cc(OC4CCCCO4)ccc3n2)cc1. The van der Waals surface area contributed by atoms with E-state index >= 15 is 0 Å². The summed E-state index contributed by atoms with van der Waals surface area (Å²) in [6.45, 7) is 0.892. The van der Waals surface area contributed by atoms with Gasteiger partial charge >= 0.3 is 6.36 Å². The summed E-state index contributed by atoms with van der Waals surface area (Å²) in [5, 5.41) is 0.907. The molecule has 1 aliphatic heterocycles. The van der Waals surface area contributed by atoms with Crippen LogP contribution in [0, 0.1) is 0 Å². The Morgan fingerprint density at radius 1 is 0.967 bits per heavy atom. The van der Waals surface area contributed by atoms with Crippen LogP contribution in [0.4, 0.5) is 13.2 Å². The predicted molar refractivity (Wildman–Crippen MR) is 103 cm³/mol. The summed E-state index contributed by atoms with van der Waals surface area (Å²) in [6.07, 6.45) is -1.87. The average molecular weight is 419 g/mol. The van der Waals surface area contributed by atoms with Crippen molar-refractivity contribution < 1.29 is 32.1 Å². The lowest BCUT2D eigenvalue weighted by atomic mass is 10.2. The van der Waals surface area contributed by atoms with Crippen molar-refractivity contribution in [3.05, 3.63) is 60.2 Å². The van der Waals surface area contributed by atoms with Crippen LogP contribution in [0.1, 0.15) is 24.8 Å². The highest BCUT2D eigenvalue weighted by Gasteiger charge is 2.30. The maximum Gasteiger partial charge on any atom is 0.573 e. The van der Waals surface area contributed by atoms with Gasteiger partial charge in [-0.3, -0.25) is 0 Å². The van der Waals surface area contributed by atoms with Crippen LogP contribution in [0.2, 0.25) is 0 Å². The predicted octanol–water partition coefficient (Wildman–Crippen LogP) is 5.62. The van der Waals surface area contributed by atoms with Crippen LogP contribution in [0.15, 0.2) is 54.6 Å². The van der Waals surface area contributed by atoms with Crippen LogP contribution in [0.5, 0.6) is 17.4 Å². The number of pyridine rings is 1. The third-order valence-corrected chi connectivity index (χ3v) is 4.58. The molecule has 158 valence electrons. The number of aromatic nitrogens is 1. The first kappa shape index (κ1) is 20.3. The van der Waals surface area contributed by atoms with Crippen molar-refractivity contribution in [1.29, 1.82) is 0 Å². The molecule has 2 heterocycles. The quantitative estimate of drug-likeness (QED) is 0.519. The lowest BCUT2D eigenvalue weighted by molar-refractivity contribution is -0.274. The van der Waals surface area contributed by atoms with Gasteiger partial charge in [0.2, 0.25) is 5.88 Å². The van der Waals surface area contributed by atoms with Crippen molar-refractivity contribution >= 4 is 10.9 Å². The van der Waals surface area contributed by atoms with Gasteiger partial charge in [0, 0.05) is 17.9 Å². The second kappa shape index (κ2) is 8.79. The van der Waals surface area contributed by atoms with Gasteiger partial charge in [0.25, 0.3) is 0 Å². The van der Waals surface area contributed by atoms with Crippen LogP contribution in [-0.2, 0) is 11.3 Å². The minimum absolute atomic E-state index is 0.172. The molecule has 0 bridgehead atoms. The van der Waals surface area contributed by atoms with Crippen molar-refractivity contribution in [3.8, 4) is 17.4 Å². The van der Waals surface area contributed by atoms with Crippen molar-refractivity contribution in [2.45, 2.75) is 38.5 Å². The third-order valence-electron chi connectivity index (χ3n) is 4.58.